The number of nitrogens with one attached hydrogen (secondary N) is 1. The fraction of sp³-hybridized carbons (Fsp3) is 0.125. The molecule has 4 aromatic rings. The van der Waals surface area contributed by atoms with E-state index >= 15 is 0 Å². The Balaban J connectivity index is 1.58. The molecule has 1 amide bonds. The quantitative estimate of drug-likeness (QED) is 0.337. The van der Waals surface area contributed by atoms with E-state index < -0.39 is 0 Å². The number of hydrogen-bond acceptors (Lipinski definition) is 5. The Labute approximate surface area is 179 Å². The molecule has 0 saturated carbocycles. The maximum absolute atomic E-state index is 12.7. The minimum absolute atomic E-state index is 0.276. The molecule has 0 aliphatic carbocycles. The van der Waals surface area contributed by atoms with Gasteiger partial charge in [0.05, 0.1) is 18.5 Å². The Morgan fingerprint density at radius 3 is 2.67 bits per heavy atom. The molecule has 1 N–H and O–H groups in total. The van der Waals surface area contributed by atoms with E-state index in [4.69, 9.17) is 4.74 Å². The van der Waals surface area contributed by atoms with Gasteiger partial charge in [0, 0.05) is 11.1 Å². The lowest BCUT2D eigenvalue weighted by Gasteiger charge is -2.10. The molecule has 30 heavy (non-hydrogen) atoms. The van der Waals surface area contributed by atoms with Crippen LogP contribution in [0, 0.1) is 6.92 Å². The zero-order valence-corrected chi connectivity index (χ0v) is 17.6. The first-order valence-corrected chi connectivity index (χ1v) is 10.5. The minimum atomic E-state index is -0.276. The number of nitrogens with zero attached hydrogens (tertiary/aromatic N) is 2. The van der Waals surface area contributed by atoms with Gasteiger partial charge in [-0.25, -0.2) is 10.4 Å². The van der Waals surface area contributed by atoms with Gasteiger partial charge in [0.1, 0.15) is 15.6 Å². The monoisotopic (exact) mass is 415 g/mol. The summed E-state index contributed by atoms with van der Waals surface area (Å²) in [6.45, 7) is 4.32. The first-order chi connectivity index (χ1) is 14.7. The molecule has 0 saturated heterocycles. The number of fused-ring (bicyclic) bond motifs is 1. The highest BCUT2D eigenvalue weighted by atomic mass is 32.1. The van der Waals surface area contributed by atoms with E-state index in [0.29, 0.717) is 17.2 Å². The number of aromatic nitrogens is 1. The van der Waals surface area contributed by atoms with Crippen LogP contribution in [0.25, 0.3) is 21.3 Å². The maximum atomic E-state index is 12.7. The average molecular weight is 416 g/mol. The van der Waals surface area contributed by atoms with Crippen molar-refractivity contribution >= 4 is 34.2 Å². The van der Waals surface area contributed by atoms with E-state index in [-0.39, 0.29) is 5.91 Å². The predicted molar refractivity (Wildman–Crippen MR) is 122 cm³/mol. The number of thiazole rings is 1. The summed E-state index contributed by atoms with van der Waals surface area (Å²) in [6.07, 6.45) is 1.64. The molecular weight excluding hydrogens is 394 g/mol. The van der Waals surface area contributed by atoms with Crippen LogP contribution in [0.15, 0.2) is 71.8 Å². The van der Waals surface area contributed by atoms with Crippen molar-refractivity contribution < 1.29 is 9.53 Å². The lowest BCUT2D eigenvalue weighted by Crippen LogP contribution is -2.17. The Hall–Kier alpha value is -3.51. The van der Waals surface area contributed by atoms with Crippen molar-refractivity contribution in [2.24, 2.45) is 5.10 Å². The fourth-order valence-corrected chi connectivity index (χ4v) is 4.17. The number of rotatable bonds is 6. The van der Waals surface area contributed by atoms with Crippen LogP contribution in [-0.2, 0) is 0 Å². The second kappa shape index (κ2) is 8.88. The van der Waals surface area contributed by atoms with Crippen molar-refractivity contribution in [2.45, 2.75) is 13.8 Å². The summed E-state index contributed by atoms with van der Waals surface area (Å²) < 4.78 is 5.75. The average Bonchev–Trinajstić information content (AvgIpc) is 3.17. The van der Waals surface area contributed by atoms with Gasteiger partial charge in [-0.2, -0.15) is 5.10 Å². The minimum Gasteiger partial charge on any atom is -0.493 e. The molecule has 1 aromatic heterocycles. The molecule has 0 fully saturated rings. The number of hydrogen-bond donors (Lipinski definition) is 1. The molecule has 0 atom stereocenters. The molecule has 0 spiro atoms. The van der Waals surface area contributed by atoms with Crippen molar-refractivity contribution in [3.63, 3.8) is 0 Å². The molecule has 0 aliphatic rings. The first kappa shape index (κ1) is 19.8. The normalized spacial score (nSPS) is 11.1. The fourth-order valence-electron chi connectivity index (χ4n) is 3.21. The number of aryl methyl sites for hydroxylation is 1. The third kappa shape index (κ3) is 4.09. The molecule has 150 valence electrons. The Morgan fingerprint density at radius 2 is 1.87 bits per heavy atom. The first-order valence-electron chi connectivity index (χ1n) is 9.68. The molecule has 0 radical (unpaired) electrons. The zero-order chi connectivity index (χ0) is 20.9. The standard InChI is InChI=1S/C24H21N3O2S/c1-3-29-21-14-13-17-9-7-8-12-19(17)20(21)15-25-27-23(28)22-16(2)26-24(30-22)18-10-5-4-6-11-18/h4-15H,3H2,1-2H3,(H,27,28)/b25-15+. The van der Waals surface area contributed by atoms with Crippen LogP contribution in [0.4, 0.5) is 0 Å². The second-order valence-corrected chi connectivity index (χ2v) is 7.63. The zero-order valence-electron chi connectivity index (χ0n) is 16.8. The summed E-state index contributed by atoms with van der Waals surface area (Å²) in [4.78, 5) is 17.8. The van der Waals surface area contributed by atoms with Gasteiger partial charge in [-0.3, -0.25) is 4.79 Å². The lowest BCUT2D eigenvalue weighted by molar-refractivity contribution is 0.0958. The highest BCUT2D eigenvalue weighted by Crippen LogP contribution is 2.28. The van der Waals surface area contributed by atoms with Crippen LogP contribution >= 0.6 is 11.3 Å². The highest BCUT2D eigenvalue weighted by molar-refractivity contribution is 7.17. The van der Waals surface area contributed by atoms with Gasteiger partial charge in [0.2, 0.25) is 0 Å². The molecule has 6 heteroatoms. The van der Waals surface area contributed by atoms with Crippen LogP contribution in [0.3, 0.4) is 0 Å². The predicted octanol–water partition coefficient (Wildman–Crippen LogP) is 5.43. The largest absolute Gasteiger partial charge is 0.493 e. The Morgan fingerprint density at radius 1 is 1.10 bits per heavy atom. The van der Waals surface area contributed by atoms with E-state index in [1.54, 1.807) is 6.21 Å². The Bertz CT molecular complexity index is 1220. The number of amides is 1. The van der Waals surface area contributed by atoms with Crippen molar-refractivity contribution in [2.75, 3.05) is 6.61 Å². The lowest BCUT2D eigenvalue weighted by atomic mass is 10.0. The SMILES string of the molecule is CCOc1ccc2ccccc2c1/C=N/NC(=O)c1sc(-c2ccccc2)nc1C. The Kier molecular flexibility index (Phi) is 5.86. The van der Waals surface area contributed by atoms with Gasteiger partial charge < -0.3 is 4.74 Å². The van der Waals surface area contributed by atoms with Gasteiger partial charge in [0.15, 0.2) is 0 Å². The van der Waals surface area contributed by atoms with Crippen LogP contribution in [0.1, 0.15) is 27.9 Å². The van der Waals surface area contributed by atoms with Gasteiger partial charge in [-0.15, -0.1) is 11.3 Å². The van der Waals surface area contributed by atoms with Crippen LogP contribution in [0.2, 0.25) is 0 Å². The van der Waals surface area contributed by atoms with Gasteiger partial charge >= 0.3 is 0 Å². The number of benzene rings is 3. The van der Waals surface area contributed by atoms with Crippen LogP contribution in [-0.4, -0.2) is 23.7 Å². The van der Waals surface area contributed by atoms with E-state index in [9.17, 15) is 4.79 Å². The summed E-state index contributed by atoms with van der Waals surface area (Å²) in [5, 5.41) is 7.12. The molecule has 0 aliphatic heterocycles. The van der Waals surface area contributed by atoms with E-state index in [1.165, 1.54) is 11.3 Å². The molecule has 3 aromatic carbocycles. The van der Waals surface area contributed by atoms with Crippen molar-refractivity contribution in [3.8, 4) is 16.3 Å². The molecule has 5 nitrogen and oxygen atoms in total. The smallest absolute Gasteiger partial charge is 0.283 e. The number of ether oxygens (including phenoxy) is 1. The number of hydrazone groups is 1. The second-order valence-electron chi connectivity index (χ2n) is 6.63. The summed E-state index contributed by atoms with van der Waals surface area (Å²) in [5.41, 5.74) is 5.14. The van der Waals surface area contributed by atoms with Gasteiger partial charge in [-0.05, 0) is 30.7 Å². The van der Waals surface area contributed by atoms with Crippen molar-refractivity contribution in [3.05, 3.63) is 82.9 Å². The van der Waals surface area contributed by atoms with Crippen molar-refractivity contribution in [1.29, 1.82) is 0 Å². The van der Waals surface area contributed by atoms with Crippen LogP contribution < -0.4 is 10.2 Å². The molecule has 1 heterocycles. The third-order valence-electron chi connectivity index (χ3n) is 4.61. The van der Waals surface area contributed by atoms with Crippen LogP contribution in [0.5, 0.6) is 5.75 Å². The van der Waals surface area contributed by atoms with E-state index in [1.807, 2.05) is 80.6 Å². The van der Waals surface area contributed by atoms with E-state index in [2.05, 4.69) is 15.5 Å². The number of carbonyl (C=O) groups excluding carboxylic acids is 1. The van der Waals surface area contributed by atoms with Crippen molar-refractivity contribution in [1.82, 2.24) is 10.4 Å². The molecule has 0 unspecified atom stereocenters. The van der Waals surface area contributed by atoms with Gasteiger partial charge in [0.25, 0.3) is 5.91 Å². The number of carbonyl (C=O) groups is 1. The summed E-state index contributed by atoms with van der Waals surface area (Å²) in [5.74, 6) is 0.455. The third-order valence-corrected chi connectivity index (χ3v) is 5.82. The summed E-state index contributed by atoms with van der Waals surface area (Å²) in [6, 6.07) is 21.8. The highest BCUT2D eigenvalue weighted by Gasteiger charge is 2.16. The topological polar surface area (TPSA) is 63.6 Å². The summed E-state index contributed by atoms with van der Waals surface area (Å²) >= 11 is 1.36. The molecular formula is C24H21N3O2S. The van der Waals surface area contributed by atoms with Gasteiger partial charge in [-0.1, -0.05) is 60.7 Å². The van der Waals surface area contributed by atoms with E-state index in [0.717, 1.165) is 32.7 Å². The molecule has 0 bridgehead atoms. The maximum Gasteiger partial charge on any atom is 0.283 e. The summed E-state index contributed by atoms with van der Waals surface area (Å²) in [7, 11) is 0. The molecule has 4 rings (SSSR count).